The largest absolute Gasteiger partial charge is 0.481 e. The van der Waals surface area contributed by atoms with Crippen LogP contribution < -0.4 is 5.56 Å². The quantitative estimate of drug-likeness (QED) is 0.849. The van der Waals surface area contributed by atoms with Crippen LogP contribution in [0.2, 0.25) is 0 Å². The second-order valence-electron chi connectivity index (χ2n) is 6.66. The van der Waals surface area contributed by atoms with E-state index in [1.54, 1.807) is 16.6 Å². The van der Waals surface area contributed by atoms with Crippen molar-refractivity contribution in [2.75, 3.05) is 13.1 Å². The van der Waals surface area contributed by atoms with E-state index in [-0.39, 0.29) is 24.4 Å². The van der Waals surface area contributed by atoms with Crippen LogP contribution in [0.5, 0.6) is 0 Å². The molecule has 1 aliphatic heterocycles. The molecule has 1 atom stereocenters. The minimum atomic E-state index is -0.847. The van der Waals surface area contributed by atoms with Crippen molar-refractivity contribution in [2.45, 2.75) is 33.1 Å². The Morgan fingerprint density at radius 2 is 2.08 bits per heavy atom. The van der Waals surface area contributed by atoms with Crippen molar-refractivity contribution in [3.63, 3.8) is 0 Å². The SMILES string of the molecule is Cc1nc2c(c(C)c1CCC(=O)N1CCC(C(=O)O)C1)c(=O)[nH]n2C. The molecule has 8 nitrogen and oxygen atoms in total. The van der Waals surface area contributed by atoms with Crippen LogP contribution in [-0.4, -0.2) is 49.7 Å². The highest BCUT2D eigenvalue weighted by atomic mass is 16.4. The third-order valence-electron chi connectivity index (χ3n) is 5.05. The summed E-state index contributed by atoms with van der Waals surface area (Å²) in [5.41, 5.74) is 2.99. The van der Waals surface area contributed by atoms with E-state index in [1.165, 1.54) is 0 Å². The molecule has 0 aliphatic carbocycles. The molecule has 0 spiro atoms. The summed E-state index contributed by atoms with van der Waals surface area (Å²) in [5.74, 6) is -1.36. The van der Waals surface area contributed by atoms with Crippen molar-refractivity contribution in [1.29, 1.82) is 0 Å². The van der Waals surface area contributed by atoms with Crippen molar-refractivity contribution < 1.29 is 14.7 Å². The van der Waals surface area contributed by atoms with Crippen molar-refractivity contribution in [2.24, 2.45) is 13.0 Å². The van der Waals surface area contributed by atoms with Gasteiger partial charge in [-0.15, -0.1) is 0 Å². The first-order chi connectivity index (χ1) is 11.8. The molecule has 2 aromatic rings. The number of carbonyl (C=O) groups excluding carboxylic acids is 1. The Bertz CT molecular complexity index is 911. The van der Waals surface area contributed by atoms with Crippen molar-refractivity contribution >= 4 is 22.9 Å². The zero-order chi connectivity index (χ0) is 18.3. The molecule has 3 rings (SSSR count). The van der Waals surface area contributed by atoms with E-state index < -0.39 is 11.9 Å². The van der Waals surface area contributed by atoms with E-state index in [2.05, 4.69) is 10.1 Å². The lowest BCUT2D eigenvalue weighted by Gasteiger charge is -2.17. The average Bonchev–Trinajstić information content (AvgIpc) is 3.13. The van der Waals surface area contributed by atoms with Gasteiger partial charge in [0.05, 0.1) is 11.3 Å². The van der Waals surface area contributed by atoms with E-state index >= 15 is 0 Å². The summed E-state index contributed by atoms with van der Waals surface area (Å²) in [6.07, 6.45) is 1.28. The molecule has 1 amide bonds. The second kappa shape index (κ2) is 6.34. The number of nitrogens with one attached hydrogen (secondary N) is 1. The first kappa shape index (κ1) is 17.2. The van der Waals surface area contributed by atoms with Gasteiger partial charge in [-0.2, -0.15) is 0 Å². The van der Waals surface area contributed by atoms with Crippen LogP contribution >= 0.6 is 0 Å². The Morgan fingerprint density at radius 3 is 2.72 bits per heavy atom. The number of aromatic nitrogens is 3. The first-order valence-electron chi connectivity index (χ1n) is 8.35. The van der Waals surface area contributed by atoms with Crippen LogP contribution in [0, 0.1) is 19.8 Å². The van der Waals surface area contributed by atoms with Crippen molar-refractivity contribution in [1.82, 2.24) is 19.7 Å². The van der Waals surface area contributed by atoms with Crippen LogP contribution in [0.4, 0.5) is 0 Å². The average molecular weight is 346 g/mol. The van der Waals surface area contributed by atoms with Crippen molar-refractivity contribution in [3.8, 4) is 0 Å². The van der Waals surface area contributed by atoms with Crippen molar-refractivity contribution in [3.05, 3.63) is 27.2 Å². The molecule has 1 fully saturated rings. The molecule has 8 heteroatoms. The van der Waals surface area contributed by atoms with Crippen LogP contribution in [0.3, 0.4) is 0 Å². The number of carboxylic acid groups (broad SMARTS) is 1. The predicted molar refractivity (Wildman–Crippen MR) is 91.5 cm³/mol. The smallest absolute Gasteiger partial charge is 0.308 e. The number of amides is 1. The second-order valence-corrected chi connectivity index (χ2v) is 6.66. The highest BCUT2D eigenvalue weighted by Gasteiger charge is 2.30. The summed E-state index contributed by atoms with van der Waals surface area (Å²) in [6.45, 7) is 4.52. The fourth-order valence-electron chi connectivity index (χ4n) is 3.59. The maximum atomic E-state index is 12.4. The number of hydrogen-bond acceptors (Lipinski definition) is 4. The molecule has 0 saturated carbocycles. The van der Waals surface area contributed by atoms with Crippen LogP contribution in [0.15, 0.2) is 4.79 Å². The predicted octanol–water partition coefficient (Wildman–Crippen LogP) is 0.744. The lowest BCUT2D eigenvalue weighted by molar-refractivity contribution is -0.141. The van der Waals surface area contributed by atoms with Gasteiger partial charge in [0.1, 0.15) is 0 Å². The fourth-order valence-corrected chi connectivity index (χ4v) is 3.59. The van der Waals surface area contributed by atoms with E-state index in [4.69, 9.17) is 5.11 Å². The fraction of sp³-hybridized carbons (Fsp3) is 0.529. The third kappa shape index (κ3) is 3.04. The van der Waals surface area contributed by atoms with Gasteiger partial charge >= 0.3 is 5.97 Å². The van der Waals surface area contributed by atoms with Gasteiger partial charge in [-0.25, -0.2) is 4.98 Å². The maximum Gasteiger partial charge on any atom is 0.308 e. The molecular weight excluding hydrogens is 324 g/mol. The summed E-state index contributed by atoms with van der Waals surface area (Å²) in [5, 5.41) is 12.3. The number of aliphatic carboxylic acids is 1. The van der Waals surface area contributed by atoms with Gasteiger partial charge in [-0.05, 0) is 37.8 Å². The number of rotatable bonds is 4. The third-order valence-corrected chi connectivity index (χ3v) is 5.05. The van der Waals surface area contributed by atoms with Gasteiger partial charge in [0, 0.05) is 32.3 Å². The van der Waals surface area contributed by atoms with Gasteiger partial charge < -0.3 is 10.0 Å². The molecular formula is C17H22N4O4. The molecule has 1 aliphatic rings. The number of H-pyrrole nitrogens is 1. The van der Waals surface area contributed by atoms with E-state index in [0.717, 1.165) is 16.8 Å². The molecule has 0 aromatic carbocycles. The number of fused-ring (bicyclic) bond motifs is 1. The number of carbonyl (C=O) groups is 2. The first-order valence-corrected chi connectivity index (χ1v) is 8.35. The summed E-state index contributed by atoms with van der Waals surface area (Å²) in [7, 11) is 1.74. The molecule has 1 saturated heterocycles. The lowest BCUT2D eigenvalue weighted by atomic mass is 10.00. The van der Waals surface area contributed by atoms with Gasteiger partial charge in [0.15, 0.2) is 5.65 Å². The van der Waals surface area contributed by atoms with E-state index in [0.29, 0.717) is 30.4 Å². The Morgan fingerprint density at radius 1 is 1.36 bits per heavy atom. The monoisotopic (exact) mass is 346 g/mol. The van der Waals surface area contributed by atoms with Gasteiger partial charge in [-0.1, -0.05) is 0 Å². The number of carboxylic acids is 1. The highest BCUT2D eigenvalue weighted by molar-refractivity contribution is 5.81. The zero-order valence-electron chi connectivity index (χ0n) is 14.6. The van der Waals surface area contributed by atoms with Gasteiger partial charge in [0.2, 0.25) is 5.91 Å². The number of aromatic amines is 1. The summed E-state index contributed by atoms with van der Waals surface area (Å²) in [4.78, 5) is 41.6. The number of nitrogens with zero attached hydrogens (tertiary/aromatic N) is 3. The Balaban J connectivity index is 1.78. The molecule has 2 aromatic heterocycles. The molecule has 134 valence electrons. The summed E-state index contributed by atoms with van der Waals surface area (Å²) < 4.78 is 1.60. The lowest BCUT2D eigenvalue weighted by Crippen LogP contribution is -2.30. The molecule has 25 heavy (non-hydrogen) atoms. The van der Waals surface area contributed by atoms with Gasteiger partial charge in [-0.3, -0.25) is 24.2 Å². The number of pyridine rings is 1. The summed E-state index contributed by atoms with van der Waals surface area (Å²) >= 11 is 0. The minimum Gasteiger partial charge on any atom is -0.481 e. The molecule has 2 N–H and O–H groups in total. The van der Waals surface area contributed by atoms with Crippen LogP contribution in [-0.2, 0) is 23.1 Å². The number of likely N-dealkylation sites (tertiary alicyclic amines) is 1. The minimum absolute atomic E-state index is 0.0513. The Kier molecular flexibility index (Phi) is 4.36. The maximum absolute atomic E-state index is 12.4. The number of aryl methyl sites for hydroxylation is 3. The normalized spacial score (nSPS) is 17.4. The topological polar surface area (TPSA) is 108 Å². The van der Waals surface area contributed by atoms with Crippen LogP contribution in [0.1, 0.15) is 29.7 Å². The Labute approximate surface area is 144 Å². The summed E-state index contributed by atoms with van der Waals surface area (Å²) in [6, 6.07) is 0. The van der Waals surface area contributed by atoms with E-state index in [9.17, 15) is 14.4 Å². The Hall–Kier alpha value is -2.64. The van der Waals surface area contributed by atoms with E-state index in [1.807, 2.05) is 13.8 Å². The number of hydrogen-bond donors (Lipinski definition) is 2. The highest BCUT2D eigenvalue weighted by Crippen LogP contribution is 2.22. The van der Waals surface area contributed by atoms with Gasteiger partial charge in [0.25, 0.3) is 5.56 Å². The molecule has 0 bridgehead atoms. The van der Waals surface area contributed by atoms with Crippen LogP contribution in [0.25, 0.3) is 11.0 Å². The standard InChI is InChI=1S/C17H22N4O4/c1-9-12(10(2)18-15-14(9)16(23)19-20(15)3)4-5-13(22)21-7-6-11(8-21)17(24)25/h11H,4-8H2,1-3H3,(H,19,23)(H,24,25). The molecule has 0 radical (unpaired) electrons. The zero-order valence-corrected chi connectivity index (χ0v) is 14.6. The molecule has 1 unspecified atom stereocenters. The molecule has 3 heterocycles.